The van der Waals surface area contributed by atoms with Gasteiger partial charge in [-0.2, -0.15) is 4.98 Å². The van der Waals surface area contributed by atoms with Crippen molar-refractivity contribution in [2.45, 2.75) is 0 Å². The van der Waals surface area contributed by atoms with E-state index in [-0.39, 0.29) is 19.0 Å². The summed E-state index contributed by atoms with van der Waals surface area (Å²) in [6.07, 6.45) is 1.12. The SMILES string of the molecule is COc1nc(-c2cccc(C(=O)NCCN(C)S(C)(=O)=O)c2)nn1C. The van der Waals surface area contributed by atoms with Gasteiger partial charge in [0.15, 0.2) is 5.82 Å². The van der Waals surface area contributed by atoms with Gasteiger partial charge < -0.3 is 10.1 Å². The number of rotatable bonds is 7. The number of aromatic nitrogens is 3. The molecule has 1 amide bonds. The van der Waals surface area contributed by atoms with Gasteiger partial charge >= 0.3 is 6.01 Å². The highest BCUT2D eigenvalue weighted by Crippen LogP contribution is 2.19. The van der Waals surface area contributed by atoms with E-state index in [0.717, 1.165) is 6.26 Å². The molecule has 1 aromatic carbocycles. The normalized spacial score (nSPS) is 11.6. The van der Waals surface area contributed by atoms with Crippen LogP contribution < -0.4 is 10.1 Å². The molecule has 0 fully saturated rings. The van der Waals surface area contributed by atoms with Gasteiger partial charge in [-0.15, -0.1) is 5.10 Å². The molecule has 1 N–H and O–H groups in total. The van der Waals surface area contributed by atoms with Gasteiger partial charge in [0.2, 0.25) is 10.0 Å². The van der Waals surface area contributed by atoms with E-state index in [1.54, 1.807) is 31.3 Å². The van der Waals surface area contributed by atoms with E-state index in [4.69, 9.17) is 4.74 Å². The van der Waals surface area contributed by atoms with E-state index in [9.17, 15) is 13.2 Å². The maximum absolute atomic E-state index is 12.2. The molecule has 25 heavy (non-hydrogen) atoms. The summed E-state index contributed by atoms with van der Waals surface area (Å²) in [5, 5.41) is 6.93. The first-order valence-electron chi connectivity index (χ1n) is 7.47. The third-order valence-electron chi connectivity index (χ3n) is 3.57. The Kier molecular flexibility index (Phi) is 5.75. The van der Waals surface area contributed by atoms with Crippen LogP contribution in [-0.4, -0.2) is 66.9 Å². The van der Waals surface area contributed by atoms with Gasteiger partial charge in [-0.25, -0.2) is 17.4 Å². The van der Waals surface area contributed by atoms with E-state index < -0.39 is 10.0 Å². The fourth-order valence-corrected chi connectivity index (χ4v) is 2.49. The van der Waals surface area contributed by atoms with Gasteiger partial charge in [-0.3, -0.25) is 4.79 Å². The molecule has 0 unspecified atom stereocenters. The van der Waals surface area contributed by atoms with Crippen LogP contribution in [0.1, 0.15) is 10.4 Å². The second-order valence-electron chi connectivity index (χ2n) is 5.47. The summed E-state index contributed by atoms with van der Waals surface area (Å²) in [4.78, 5) is 16.5. The van der Waals surface area contributed by atoms with Crippen molar-refractivity contribution in [1.29, 1.82) is 0 Å². The van der Waals surface area contributed by atoms with Crippen molar-refractivity contribution in [3.8, 4) is 17.4 Å². The number of nitrogens with one attached hydrogen (secondary N) is 1. The van der Waals surface area contributed by atoms with Gasteiger partial charge in [0.05, 0.1) is 13.4 Å². The maximum atomic E-state index is 12.2. The fourth-order valence-electron chi connectivity index (χ4n) is 2.06. The number of hydrogen-bond acceptors (Lipinski definition) is 6. The average Bonchev–Trinajstić information content (AvgIpc) is 2.95. The summed E-state index contributed by atoms with van der Waals surface area (Å²) in [5.74, 6) is 0.150. The van der Waals surface area contributed by atoms with Crippen LogP contribution in [0, 0.1) is 0 Å². The van der Waals surface area contributed by atoms with Crippen molar-refractivity contribution in [3.63, 3.8) is 0 Å². The zero-order valence-corrected chi connectivity index (χ0v) is 15.4. The second-order valence-corrected chi connectivity index (χ2v) is 7.56. The lowest BCUT2D eigenvalue weighted by molar-refractivity contribution is 0.0952. The molecule has 0 bridgehead atoms. The maximum Gasteiger partial charge on any atom is 0.314 e. The summed E-state index contributed by atoms with van der Waals surface area (Å²) >= 11 is 0. The number of methoxy groups -OCH3 is 1. The molecule has 2 rings (SSSR count). The minimum Gasteiger partial charge on any atom is -0.467 e. The molecule has 0 aliphatic heterocycles. The van der Waals surface area contributed by atoms with Crippen LogP contribution in [0.3, 0.4) is 0 Å². The number of carbonyl (C=O) groups excluding carboxylic acids is 1. The molecule has 1 heterocycles. The Labute approximate surface area is 146 Å². The Morgan fingerprint density at radius 1 is 1.40 bits per heavy atom. The van der Waals surface area contributed by atoms with Crippen molar-refractivity contribution in [3.05, 3.63) is 29.8 Å². The third kappa shape index (κ3) is 4.77. The summed E-state index contributed by atoms with van der Waals surface area (Å²) in [6, 6.07) is 7.23. The van der Waals surface area contributed by atoms with E-state index in [2.05, 4.69) is 15.4 Å². The largest absolute Gasteiger partial charge is 0.467 e. The number of amides is 1. The molecule has 9 nitrogen and oxygen atoms in total. The molecule has 0 aliphatic carbocycles. The van der Waals surface area contributed by atoms with E-state index in [1.807, 2.05) is 0 Å². The highest BCUT2D eigenvalue weighted by molar-refractivity contribution is 7.88. The molecule has 1 aromatic heterocycles. The summed E-state index contributed by atoms with van der Waals surface area (Å²) < 4.78 is 30.4. The molecule has 0 saturated carbocycles. The standard InChI is InChI=1S/C15H21N5O4S/c1-19(25(4,22)23)9-8-16-14(21)12-7-5-6-11(10-12)13-17-15(24-3)20(2)18-13/h5-7,10H,8-9H2,1-4H3,(H,16,21). The van der Waals surface area contributed by atoms with Crippen molar-refractivity contribution < 1.29 is 17.9 Å². The zero-order chi connectivity index (χ0) is 18.6. The van der Waals surface area contributed by atoms with Crippen molar-refractivity contribution in [2.75, 3.05) is 33.5 Å². The minimum atomic E-state index is -3.26. The second kappa shape index (κ2) is 7.62. The summed E-state index contributed by atoms with van der Waals surface area (Å²) in [7, 11) is 1.42. The van der Waals surface area contributed by atoms with E-state index >= 15 is 0 Å². The minimum absolute atomic E-state index is 0.198. The van der Waals surface area contributed by atoms with Crippen LogP contribution in [0.25, 0.3) is 11.4 Å². The molecule has 0 spiro atoms. The lowest BCUT2D eigenvalue weighted by Crippen LogP contribution is -2.35. The number of benzene rings is 1. The molecule has 10 heteroatoms. The monoisotopic (exact) mass is 367 g/mol. The molecule has 0 radical (unpaired) electrons. The lowest BCUT2D eigenvalue weighted by atomic mass is 10.1. The highest BCUT2D eigenvalue weighted by atomic mass is 32.2. The molecule has 0 aliphatic rings. The van der Waals surface area contributed by atoms with Crippen LogP contribution in [0.5, 0.6) is 6.01 Å². The Bertz CT molecular complexity index is 863. The quantitative estimate of drug-likeness (QED) is 0.745. The molecule has 0 atom stereocenters. The molecule has 2 aromatic rings. The number of likely N-dealkylation sites (N-methyl/N-ethyl adjacent to an activating group) is 1. The summed E-state index contributed by atoms with van der Waals surface area (Å²) in [5.41, 5.74) is 1.12. The first-order valence-corrected chi connectivity index (χ1v) is 9.32. The van der Waals surface area contributed by atoms with Crippen molar-refractivity contribution in [1.82, 2.24) is 24.4 Å². The Morgan fingerprint density at radius 2 is 2.12 bits per heavy atom. The Morgan fingerprint density at radius 3 is 2.72 bits per heavy atom. The van der Waals surface area contributed by atoms with Crippen LogP contribution in [0.4, 0.5) is 0 Å². The number of nitrogens with zero attached hydrogens (tertiary/aromatic N) is 4. The number of carbonyl (C=O) groups is 1. The molecule has 136 valence electrons. The topological polar surface area (TPSA) is 106 Å². The van der Waals surface area contributed by atoms with Crippen molar-refractivity contribution >= 4 is 15.9 Å². The number of ether oxygens (including phenoxy) is 1. The van der Waals surface area contributed by atoms with E-state index in [0.29, 0.717) is 23.0 Å². The van der Waals surface area contributed by atoms with Gasteiger partial charge in [0, 0.05) is 38.3 Å². The van der Waals surface area contributed by atoms with Crippen molar-refractivity contribution in [2.24, 2.45) is 7.05 Å². The fraction of sp³-hybridized carbons (Fsp3) is 0.400. The molecule has 0 saturated heterocycles. The van der Waals surface area contributed by atoms with Crippen LogP contribution in [0.15, 0.2) is 24.3 Å². The van der Waals surface area contributed by atoms with E-state index in [1.165, 1.54) is 23.1 Å². The molecular weight excluding hydrogens is 346 g/mol. The Hall–Kier alpha value is -2.46. The average molecular weight is 367 g/mol. The number of sulfonamides is 1. The Balaban J connectivity index is 2.06. The number of aryl methyl sites for hydroxylation is 1. The lowest BCUT2D eigenvalue weighted by Gasteiger charge is -2.14. The van der Waals surface area contributed by atoms with Crippen LogP contribution in [-0.2, 0) is 17.1 Å². The van der Waals surface area contributed by atoms with Gasteiger partial charge in [0.1, 0.15) is 0 Å². The summed E-state index contributed by atoms with van der Waals surface area (Å²) in [6.45, 7) is 0.408. The molecular formula is C15H21N5O4S. The zero-order valence-electron chi connectivity index (χ0n) is 14.6. The smallest absolute Gasteiger partial charge is 0.314 e. The first-order chi connectivity index (χ1) is 11.7. The predicted molar refractivity (Wildman–Crippen MR) is 92.8 cm³/mol. The van der Waals surface area contributed by atoms with Gasteiger partial charge in [-0.1, -0.05) is 12.1 Å². The third-order valence-corrected chi connectivity index (χ3v) is 4.88. The van der Waals surface area contributed by atoms with Gasteiger partial charge in [0.25, 0.3) is 5.91 Å². The highest BCUT2D eigenvalue weighted by Gasteiger charge is 2.13. The number of hydrogen-bond donors (Lipinski definition) is 1. The van der Waals surface area contributed by atoms with Crippen LogP contribution in [0.2, 0.25) is 0 Å². The van der Waals surface area contributed by atoms with Crippen LogP contribution >= 0.6 is 0 Å². The van der Waals surface area contributed by atoms with Gasteiger partial charge in [-0.05, 0) is 12.1 Å². The first kappa shape index (κ1) is 18.9. The predicted octanol–water partition coefficient (Wildman–Crippen LogP) is 0.112.